The van der Waals surface area contributed by atoms with Crippen molar-refractivity contribution in [1.82, 2.24) is 0 Å². The lowest BCUT2D eigenvalue weighted by Gasteiger charge is -2.44. The standard InChI is InChI=1S/4C11H20O/c2*1-7-8(2)10(12)6-11(4,5)9(7)3;2*1-7-6-10(12)9(3)11(4,5)8(7)2/h4*7-9H,6H2,1-5H3/t2*7?,8-,9?;2*7?,8?,9-/m1010/s1. The van der Waals surface area contributed by atoms with E-state index in [1.165, 1.54) is 0 Å². The Labute approximate surface area is 298 Å². The molecular formula is C44H80O4. The highest BCUT2D eigenvalue weighted by molar-refractivity contribution is 5.84. The van der Waals surface area contributed by atoms with E-state index in [0.717, 1.165) is 25.7 Å². The van der Waals surface area contributed by atoms with Gasteiger partial charge in [0.25, 0.3) is 0 Å². The van der Waals surface area contributed by atoms with Crippen molar-refractivity contribution in [1.29, 1.82) is 0 Å². The van der Waals surface area contributed by atoms with E-state index in [1.807, 2.05) is 0 Å². The van der Waals surface area contributed by atoms with Gasteiger partial charge in [0, 0.05) is 49.4 Å². The lowest BCUT2D eigenvalue weighted by molar-refractivity contribution is -0.134. The van der Waals surface area contributed by atoms with Crippen molar-refractivity contribution in [3.63, 3.8) is 0 Å². The van der Waals surface area contributed by atoms with Crippen LogP contribution in [0, 0.1) is 92.7 Å². The zero-order chi connectivity index (χ0) is 38.1. The molecule has 0 saturated heterocycles. The summed E-state index contributed by atoms with van der Waals surface area (Å²) in [6, 6.07) is 0. The third-order valence-corrected chi connectivity index (χ3v) is 16.2. The molecule has 0 heterocycles. The molecule has 4 heteroatoms. The van der Waals surface area contributed by atoms with E-state index >= 15 is 0 Å². The van der Waals surface area contributed by atoms with Gasteiger partial charge in [-0.1, -0.05) is 138 Å². The van der Waals surface area contributed by atoms with Crippen LogP contribution >= 0.6 is 0 Å². The van der Waals surface area contributed by atoms with Crippen molar-refractivity contribution >= 4 is 23.1 Å². The average molecular weight is 673 g/mol. The Kier molecular flexibility index (Phi) is 15.2. The molecule has 0 N–H and O–H groups in total. The molecule has 8 unspecified atom stereocenters. The molecule has 0 radical (unpaired) electrons. The number of Topliss-reactive ketones (excluding diaryl/α,β-unsaturated/α-hetero) is 4. The van der Waals surface area contributed by atoms with Crippen LogP contribution in [0.15, 0.2) is 0 Å². The first-order chi connectivity index (χ1) is 21.5. The summed E-state index contributed by atoms with van der Waals surface area (Å²) in [6.07, 6.45) is 3.09. The molecule has 0 spiro atoms. The fourth-order valence-electron chi connectivity index (χ4n) is 8.84. The van der Waals surface area contributed by atoms with Crippen molar-refractivity contribution < 1.29 is 19.2 Å². The van der Waals surface area contributed by atoms with Gasteiger partial charge in [0.2, 0.25) is 0 Å². The fourth-order valence-corrected chi connectivity index (χ4v) is 8.84. The van der Waals surface area contributed by atoms with Crippen LogP contribution < -0.4 is 0 Å². The van der Waals surface area contributed by atoms with E-state index < -0.39 is 0 Å². The molecule has 0 aromatic carbocycles. The highest BCUT2D eigenvalue weighted by Gasteiger charge is 2.45. The average Bonchev–Trinajstić information content (AvgIpc) is 2.98. The van der Waals surface area contributed by atoms with Gasteiger partial charge in [-0.05, 0) is 69.0 Å². The molecule has 4 nitrogen and oxygen atoms in total. The van der Waals surface area contributed by atoms with E-state index in [2.05, 4.69) is 138 Å². The van der Waals surface area contributed by atoms with E-state index in [0.29, 0.717) is 70.5 Å². The molecule has 0 bridgehead atoms. The molecule has 4 fully saturated rings. The highest BCUT2D eigenvalue weighted by atomic mass is 16.1. The van der Waals surface area contributed by atoms with Gasteiger partial charge in [0.15, 0.2) is 0 Å². The van der Waals surface area contributed by atoms with E-state index in [4.69, 9.17) is 0 Å². The minimum atomic E-state index is 0.189. The second kappa shape index (κ2) is 16.4. The molecule has 48 heavy (non-hydrogen) atoms. The zero-order valence-corrected chi connectivity index (χ0v) is 35.4. The number of carbonyl (C=O) groups excluding carboxylic acids is 4. The molecule has 0 amide bonds. The van der Waals surface area contributed by atoms with Crippen molar-refractivity contribution in [3.8, 4) is 0 Å². The molecule has 4 aliphatic carbocycles. The quantitative estimate of drug-likeness (QED) is 0.257. The summed E-state index contributed by atoms with van der Waals surface area (Å²) in [4.78, 5) is 46.3. The molecule has 280 valence electrons. The van der Waals surface area contributed by atoms with Gasteiger partial charge in [0.1, 0.15) is 23.1 Å². The third-order valence-electron chi connectivity index (χ3n) is 16.2. The Morgan fingerprint density at radius 2 is 0.646 bits per heavy atom. The van der Waals surface area contributed by atoms with Gasteiger partial charge in [-0.15, -0.1) is 0 Å². The van der Waals surface area contributed by atoms with E-state index in [1.54, 1.807) is 0 Å². The van der Waals surface area contributed by atoms with Gasteiger partial charge < -0.3 is 0 Å². The minimum Gasteiger partial charge on any atom is -0.299 e. The number of hydrogen-bond acceptors (Lipinski definition) is 4. The van der Waals surface area contributed by atoms with Crippen LogP contribution in [-0.2, 0) is 19.2 Å². The van der Waals surface area contributed by atoms with Gasteiger partial charge in [0.05, 0.1) is 0 Å². The zero-order valence-electron chi connectivity index (χ0n) is 35.4. The lowest BCUT2D eigenvalue weighted by atomic mass is 9.59. The smallest absolute Gasteiger partial charge is 0.136 e. The summed E-state index contributed by atoms with van der Waals surface area (Å²) < 4.78 is 0. The summed E-state index contributed by atoms with van der Waals surface area (Å²) in [5.41, 5.74) is 0.801. The van der Waals surface area contributed by atoms with Crippen LogP contribution in [0.5, 0.6) is 0 Å². The Bertz CT molecular complexity index is 1030. The van der Waals surface area contributed by atoms with Gasteiger partial charge in [-0.2, -0.15) is 0 Å². The third kappa shape index (κ3) is 9.92. The molecule has 4 aliphatic rings. The maximum Gasteiger partial charge on any atom is 0.136 e. The maximum absolute atomic E-state index is 11.6. The largest absolute Gasteiger partial charge is 0.299 e. The molecular weight excluding hydrogens is 592 g/mol. The highest BCUT2D eigenvalue weighted by Crippen LogP contribution is 2.47. The number of ketones is 4. The molecule has 0 aromatic rings. The minimum absolute atomic E-state index is 0.189. The van der Waals surface area contributed by atoms with E-state index in [-0.39, 0.29) is 45.3 Å². The predicted octanol–water partition coefficient (Wildman–Crippen LogP) is 11.6. The maximum atomic E-state index is 11.6. The van der Waals surface area contributed by atoms with Gasteiger partial charge in [-0.3, -0.25) is 19.2 Å². The summed E-state index contributed by atoms with van der Waals surface area (Å²) >= 11 is 0. The first kappa shape index (κ1) is 44.7. The second-order valence-electron chi connectivity index (χ2n) is 20.1. The van der Waals surface area contributed by atoms with Crippen molar-refractivity contribution in [3.05, 3.63) is 0 Å². The topological polar surface area (TPSA) is 68.3 Å². The summed E-state index contributed by atoms with van der Waals surface area (Å²) in [5, 5.41) is 0. The van der Waals surface area contributed by atoms with Crippen LogP contribution in [0.4, 0.5) is 0 Å². The fraction of sp³-hybridized carbons (Fsp3) is 0.909. The van der Waals surface area contributed by atoms with Crippen molar-refractivity contribution in [2.75, 3.05) is 0 Å². The molecule has 12 atom stereocenters. The summed E-state index contributed by atoms with van der Waals surface area (Å²) in [6.45, 7) is 43.9. The number of hydrogen-bond donors (Lipinski definition) is 0. The van der Waals surface area contributed by atoms with Crippen LogP contribution in [0.1, 0.15) is 164 Å². The lowest BCUT2D eigenvalue weighted by Crippen LogP contribution is -2.43. The van der Waals surface area contributed by atoms with Crippen LogP contribution in [0.3, 0.4) is 0 Å². The Morgan fingerprint density at radius 1 is 0.396 bits per heavy atom. The number of rotatable bonds is 0. The van der Waals surface area contributed by atoms with Crippen LogP contribution in [0.2, 0.25) is 0 Å². The normalized spacial score (nSPS) is 41.4. The van der Waals surface area contributed by atoms with Crippen molar-refractivity contribution in [2.45, 2.75) is 164 Å². The predicted molar refractivity (Wildman–Crippen MR) is 204 cm³/mol. The first-order valence-electron chi connectivity index (χ1n) is 19.6. The van der Waals surface area contributed by atoms with Crippen LogP contribution in [0.25, 0.3) is 0 Å². The summed E-state index contributed by atoms with van der Waals surface area (Å²) in [5.74, 6) is 7.65. The molecule has 4 saturated carbocycles. The Balaban J connectivity index is 0.000000320. The monoisotopic (exact) mass is 673 g/mol. The van der Waals surface area contributed by atoms with Crippen LogP contribution in [-0.4, -0.2) is 23.1 Å². The second-order valence-corrected chi connectivity index (χ2v) is 20.1. The Morgan fingerprint density at radius 3 is 0.896 bits per heavy atom. The van der Waals surface area contributed by atoms with Gasteiger partial charge >= 0.3 is 0 Å². The van der Waals surface area contributed by atoms with E-state index in [9.17, 15) is 19.2 Å². The molecule has 4 rings (SSSR count). The molecule has 0 aromatic heterocycles. The number of carbonyl (C=O) groups is 4. The summed E-state index contributed by atoms with van der Waals surface area (Å²) in [7, 11) is 0. The Hall–Kier alpha value is -1.32. The first-order valence-corrected chi connectivity index (χ1v) is 19.6. The molecule has 0 aliphatic heterocycles. The van der Waals surface area contributed by atoms with Gasteiger partial charge in [-0.25, -0.2) is 0 Å². The van der Waals surface area contributed by atoms with Crippen molar-refractivity contribution in [2.24, 2.45) is 92.7 Å². The SMILES string of the molecule is CC1C(C)C(C)(C)CC(=O)[C@@H]1C.CC1C(C)C(C)(C)CC(=O)[C@H]1C.CC1CC(=O)[C@@H](C)C(C)(C)C1C.CC1CC(=O)[C@H](C)C(C)(C)C1C.